The number of anilines is 1. The molecule has 2 N–H and O–H groups in total. The molecule has 25 heavy (non-hydrogen) atoms. The average Bonchev–Trinajstić information content (AvgIpc) is 3.27. The Morgan fingerprint density at radius 1 is 1.20 bits per heavy atom. The molecule has 1 saturated carbocycles. The lowest BCUT2D eigenvalue weighted by Crippen LogP contribution is -2.68. The lowest BCUT2D eigenvalue weighted by atomic mass is 9.57. The lowest BCUT2D eigenvalue weighted by Gasteiger charge is -2.55. The van der Waals surface area contributed by atoms with Crippen molar-refractivity contribution < 1.29 is 4.74 Å². The zero-order chi connectivity index (χ0) is 17.4. The molecule has 2 aliphatic heterocycles. The van der Waals surface area contributed by atoms with Crippen LogP contribution in [0.1, 0.15) is 26.7 Å². The summed E-state index contributed by atoms with van der Waals surface area (Å²) in [5, 5.41) is 7.33. The number of ether oxygens (including phenoxy) is 1. The molecule has 1 aromatic rings. The number of nitrogens with one attached hydrogen (secondary N) is 2. The average molecular weight is 342 g/mol. The highest BCUT2D eigenvalue weighted by Crippen LogP contribution is 2.52. The fourth-order valence-corrected chi connectivity index (χ4v) is 4.88. The molecule has 4 unspecified atom stereocenters. The van der Waals surface area contributed by atoms with Gasteiger partial charge in [-0.2, -0.15) is 0 Å². The first kappa shape index (κ1) is 16.7. The molecule has 0 bridgehead atoms. The quantitative estimate of drug-likeness (QED) is 0.653. The van der Waals surface area contributed by atoms with Crippen LogP contribution in [0, 0.1) is 11.3 Å². The van der Waals surface area contributed by atoms with E-state index in [1.807, 2.05) is 7.05 Å². The highest BCUT2D eigenvalue weighted by atomic mass is 16.5. The van der Waals surface area contributed by atoms with Crippen molar-refractivity contribution in [1.82, 2.24) is 10.6 Å². The fraction of sp³-hybridized carbons (Fsp3) is 0.650. The molecule has 1 aliphatic carbocycles. The molecule has 5 nitrogen and oxygen atoms in total. The van der Waals surface area contributed by atoms with Crippen molar-refractivity contribution >= 4 is 11.6 Å². The van der Waals surface area contributed by atoms with Gasteiger partial charge in [-0.05, 0) is 25.0 Å². The van der Waals surface area contributed by atoms with Gasteiger partial charge in [0.1, 0.15) is 0 Å². The number of hydrogen-bond acceptors (Lipinski definition) is 3. The second-order valence-electron chi connectivity index (χ2n) is 8.17. The number of fused-ring (bicyclic) bond motifs is 1. The molecule has 2 heterocycles. The third-order valence-electron chi connectivity index (χ3n) is 6.27. The number of hydrogen-bond donors (Lipinski definition) is 2. The molecule has 4 atom stereocenters. The topological polar surface area (TPSA) is 48.9 Å². The normalized spacial score (nSPS) is 33.7. The molecule has 136 valence electrons. The van der Waals surface area contributed by atoms with E-state index in [0.29, 0.717) is 24.1 Å². The largest absolute Gasteiger partial charge is 0.377 e. The molecule has 0 amide bonds. The molecule has 0 spiro atoms. The first-order chi connectivity index (χ1) is 12.1. The Hall–Kier alpha value is -1.75. The van der Waals surface area contributed by atoms with Crippen LogP contribution in [0.15, 0.2) is 35.3 Å². The summed E-state index contributed by atoms with van der Waals surface area (Å²) in [6, 6.07) is 11.5. The van der Waals surface area contributed by atoms with Crippen LogP contribution in [0.2, 0.25) is 0 Å². The molecule has 0 aromatic heterocycles. The van der Waals surface area contributed by atoms with Gasteiger partial charge in [-0.3, -0.25) is 4.99 Å². The van der Waals surface area contributed by atoms with Crippen LogP contribution >= 0.6 is 0 Å². The van der Waals surface area contributed by atoms with Crippen LogP contribution in [0.4, 0.5) is 5.69 Å². The lowest BCUT2D eigenvalue weighted by molar-refractivity contribution is -0.106. The van der Waals surface area contributed by atoms with E-state index >= 15 is 0 Å². The Morgan fingerprint density at radius 2 is 2.00 bits per heavy atom. The maximum Gasteiger partial charge on any atom is 0.191 e. The van der Waals surface area contributed by atoms with Gasteiger partial charge < -0.3 is 20.3 Å². The summed E-state index contributed by atoms with van der Waals surface area (Å²) in [4.78, 5) is 6.93. The summed E-state index contributed by atoms with van der Waals surface area (Å²) >= 11 is 0. The Balaban J connectivity index is 1.34. The van der Waals surface area contributed by atoms with E-state index in [1.54, 1.807) is 0 Å². The van der Waals surface area contributed by atoms with E-state index in [0.717, 1.165) is 38.5 Å². The van der Waals surface area contributed by atoms with Crippen LogP contribution < -0.4 is 15.5 Å². The van der Waals surface area contributed by atoms with Crippen molar-refractivity contribution in [3.8, 4) is 0 Å². The van der Waals surface area contributed by atoms with Gasteiger partial charge in [0.25, 0.3) is 0 Å². The fourth-order valence-electron chi connectivity index (χ4n) is 4.88. The maximum atomic E-state index is 5.90. The van der Waals surface area contributed by atoms with Crippen LogP contribution in [-0.4, -0.2) is 50.9 Å². The number of rotatable bonds is 3. The summed E-state index contributed by atoms with van der Waals surface area (Å²) in [5.74, 6) is 1.56. The standard InChI is InChI=1S/C20H30N4O/c1-20(2)17(16-10-12-25-18(16)20)23-19(21-3)22-14-9-11-24(13-14)15-7-5-4-6-8-15/h4-8,14,16-18H,9-13H2,1-3H3,(H2,21,22,23). The molecule has 5 heteroatoms. The predicted octanol–water partition coefficient (Wildman–Crippen LogP) is 2.24. The Bertz CT molecular complexity index is 630. The van der Waals surface area contributed by atoms with Gasteiger partial charge >= 0.3 is 0 Å². The van der Waals surface area contributed by atoms with E-state index in [9.17, 15) is 0 Å². The third kappa shape index (κ3) is 2.99. The Labute approximate surface area is 150 Å². The minimum atomic E-state index is 0.171. The van der Waals surface area contributed by atoms with E-state index in [2.05, 4.69) is 64.7 Å². The second-order valence-corrected chi connectivity index (χ2v) is 8.17. The van der Waals surface area contributed by atoms with Gasteiger partial charge in [0, 0.05) is 55.8 Å². The molecule has 3 fully saturated rings. The van der Waals surface area contributed by atoms with Gasteiger partial charge in [0.2, 0.25) is 0 Å². The third-order valence-corrected chi connectivity index (χ3v) is 6.27. The summed E-state index contributed by atoms with van der Waals surface area (Å²) in [7, 11) is 1.87. The number of nitrogens with zero attached hydrogens (tertiary/aromatic N) is 2. The van der Waals surface area contributed by atoms with Crippen molar-refractivity contribution in [2.24, 2.45) is 16.3 Å². The van der Waals surface area contributed by atoms with E-state index in [-0.39, 0.29) is 5.41 Å². The van der Waals surface area contributed by atoms with Crippen molar-refractivity contribution in [2.45, 2.75) is 44.9 Å². The van der Waals surface area contributed by atoms with Crippen molar-refractivity contribution in [3.63, 3.8) is 0 Å². The summed E-state index contributed by atoms with van der Waals surface area (Å²) < 4.78 is 5.90. The van der Waals surface area contributed by atoms with E-state index in [4.69, 9.17) is 4.74 Å². The summed E-state index contributed by atoms with van der Waals surface area (Å²) in [6.45, 7) is 7.62. The number of benzene rings is 1. The van der Waals surface area contributed by atoms with Crippen molar-refractivity contribution in [3.05, 3.63) is 30.3 Å². The molecule has 2 saturated heterocycles. The minimum Gasteiger partial charge on any atom is -0.377 e. The van der Waals surface area contributed by atoms with Gasteiger partial charge in [0.15, 0.2) is 5.96 Å². The summed E-state index contributed by atoms with van der Waals surface area (Å²) in [5.41, 5.74) is 1.48. The molecular formula is C20H30N4O. The molecule has 0 radical (unpaired) electrons. The van der Waals surface area contributed by atoms with Gasteiger partial charge in [-0.25, -0.2) is 0 Å². The predicted molar refractivity (Wildman–Crippen MR) is 102 cm³/mol. The molecular weight excluding hydrogens is 312 g/mol. The van der Waals surface area contributed by atoms with Gasteiger partial charge in [-0.15, -0.1) is 0 Å². The first-order valence-electron chi connectivity index (χ1n) is 9.51. The minimum absolute atomic E-state index is 0.171. The monoisotopic (exact) mass is 342 g/mol. The van der Waals surface area contributed by atoms with Gasteiger partial charge in [0.05, 0.1) is 6.10 Å². The molecule has 1 aromatic carbocycles. The van der Waals surface area contributed by atoms with E-state index < -0.39 is 0 Å². The SMILES string of the molecule is CN=C(NC1CCN(c2ccccc2)C1)NC1C2CCOC2C1(C)C. The van der Waals surface area contributed by atoms with Crippen LogP contribution in [0.5, 0.6) is 0 Å². The Kier molecular flexibility index (Phi) is 4.36. The van der Waals surface area contributed by atoms with Crippen LogP contribution in [0.25, 0.3) is 0 Å². The highest BCUT2D eigenvalue weighted by molar-refractivity contribution is 5.80. The number of aliphatic imine (C=N–C) groups is 1. The summed E-state index contributed by atoms with van der Waals surface area (Å²) in [6.07, 6.45) is 2.70. The van der Waals surface area contributed by atoms with Crippen LogP contribution in [0.3, 0.4) is 0 Å². The van der Waals surface area contributed by atoms with E-state index in [1.165, 1.54) is 5.69 Å². The second kappa shape index (κ2) is 6.52. The smallest absolute Gasteiger partial charge is 0.191 e. The zero-order valence-electron chi connectivity index (χ0n) is 15.5. The zero-order valence-corrected chi connectivity index (χ0v) is 15.5. The maximum absolute atomic E-state index is 5.90. The highest BCUT2D eigenvalue weighted by Gasteiger charge is 2.59. The molecule has 3 aliphatic rings. The van der Waals surface area contributed by atoms with Crippen LogP contribution in [-0.2, 0) is 4.74 Å². The number of guanidine groups is 1. The first-order valence-corrected chi connectivity index (χ1v) is 9.51. The number of para-hydroxylation sites is 1. The van der Waals surface area contributed by atoms with Gasteiger partial charge in [-0.1, -0.05) is 32.0 Å². The van der Waals surface area contributed by atoms with Crippen molar-refractivity contribution in [2.75, 3.05) is 31.6 Å². The van der Waals surface area contributed by atoms with Crippen molar-refractivity contribution in [1.29, 1.82) is 0 Å². The Morgan fingerprint density at radius 3 is 2.76 bits per heavy atom. The molecule has 4 rings (SSSR count).